The van der Waals surface area contributed by atoms with Crippen LogP contribution in [-0.2, 0) is 11.2 Å². The first-order chi connectivity index (χ1) is 7.25. The van der Waals surface area contributed by atoms with E-state index in [2.05, 4.69) is 0 Å². The van der Waals surface area contributed by atoms with Gasteiger partial charge in [-0.05, 0) is 17.9 Å². The first-order valence-corrected chi connectivity index (χ1v) is 5.13. The van der Waals surface area contributed by atoms with Gasteiger partial charge < -0.3 is 0 Å². The van der Waals surface area contributed by atoms with Crippen LogP contribution in [-0.4, -0.2) is 17.9 Å². The number of ketones is 1. The molecule has 1 aromatic rings. The molecule has 0 aliphatic heterocycles. The molecule has 7 heteroatoms. The van der Waals surface area contributed by atoms with Gasteiger partial charge in [-0.1, -0.05) is 6.07 Å². The molecule has 1 rings (SSSR count). The molecule has 0 radical (unpaired) electrons. The number of carbonyl (C=O) groups is 1. The molecule has 0 atom stereocenters. The summed E-state index contributed by atoms with van der Waals surface area (Å²) in [4.78, 5) is 11.3. The monoisotopic (exact) mass is 258 g/mol. The summed E-state index contributed by atoms with van der Waals surface area (Å²) in [6.07, 6.45) is -6.71. The van der Waals surface area contributed by atoms with Crippen molar-refractivity contribution in [3.63, 3.8) is 0 Å². The van der Waals surface area contributed by atoms with E-state index in [9.17, 15) is 26.7 Å². The highest BCUT2D eigenvalue weighted by atomic mass is 32.1. The molecule has 1 aromatic heterocycles. The van der Waals surface area contributed by atoms with Crippen LogP contribution < -0.4 is 0 Å². The summed E-state index contributed by atoms with van der Waals surface area (Å²) < 4.78 is 60.3. The predicted octanol–water partition coefficient (Wildman–Crippen LogP) is 3.45. The van der Waals surface area contributed by atoms with Crippen LogP contribution in [0.2, 0.25) is 0 Å². The van der Waals surface area contributed by atoms with Crippen LogP contribution in [0.4, 0.5) is 22.0 Å². The Hall–Kier alpha value is -0.980. The molecular weight excluding hydrogens is 251 g/mol. The predicted molar refractivity (Wildman–Crippen MR) is 48.6 cm³/mol. The molecule has 1 heterocycles. The van der Waals surface area contributed by atoms with E-state index >= 15 is 0 Å². The molecule has 0 fully saturated rings. The smallest absolute Gasteiger partial charge is 0.293 e. The summed E-state index contributed by atoms with van der Waals surface area (Å²) in [5, 5.41) is 1.65. The van der Waals surface area contributed by atoms with E-state index in [4.69, 9.17) is 0 Å². The van der Waals surface area contributed by atoms with Gasteiger partial charge in [0.1, 0.15) is 0 Å². The molecule has 0 saturated heterocycles. The number of hydrogen-bond donors (Lipinski definition) is 0. The number of rotatable bonds is 4. The number of aryl methyl sites for hydroxylation is 1. The molecule has 0 unspecified atom stereocenters. The summed E-state index contributed by atoms with van der Waals surface area (Å²) >= 11 is 1.20. The molecule has 1 nitrogen and oxygen atoms in total. The van der Waals surface area contributed by atoms with E-state index in [1.54, 1.807) is 17.5 Å². The van der Waals surface area contributed by atoms with Crippen molar-refractivity contribution >= 4 is 17.1 Å². The second-order valence-electron chi connectivity index (χ2n) is 3.07. The van der Waals surface area contributed by atoms with Crippen molar-refractivity contribution in [1.82, 2.24) is 0 Å². The van der Waals surface area contributed by atoms with Gasteiger partial charge in [0.15, 0.2) is 0 Å². The van der Waals surface area contributed by atoms with Crippen molar-refractivity contribution in [2.45, 2.75) is 24.9 Å². The highest BCUT2D eigenvalue weighted by molar-refractivity contribution is 7.09. The Morgan fingerprint density at radius 1 is 1.25 bits per heavy atom. The minimum absolute atomic E-state index is 0.0951. The van der Waals surface area contributed by atoms with Crippen LogP contribution in [0.3, 0.4) is 0 Å². The minimum Gasteiger partial charge on any atom is -0.293 e. The van der Waals surface area contributed by atoms with E-state index in [0.29, 0.717) is 4.88 Å². The Balaban J connectivity index is 2.59. The Morgan fingerprint density at radius 2 is 1.88 bits per heavy atom. The highest BCUT2D eigenvalue weighted by Gasteiger charge is 2.62. The van der Waals surface area contributed by atoms with Crippen molar-refractivity contribution in [2.24, 2.45) is 0 Å². The lowest BCUT2D eigenvalue weighted by molar-refractivity contribution is -0.268. The van der Waals surface area contributed by atoms with Crippen LogP contribution >= 0.6 is 11.3 Å². The fourth-order valence-corrected chi connectivity index (χ4v) is 1.72. The van der Waals surface area contributed by atoms with Crippen LogP contribution in [0.15, 0.2) is 17.5 Å². The normalized spacial score (nSPS) is 12.8. The topological polar surface area (TPSA) is 17.1 Å². The summed E-state index contributed by atoms with van der Waals surface area (Å²) in [6.45, 7) is 0. The molecule has 0 saturated carbocycles. The maximum Gasteiger partial charge on any atom is 0.461 e. The standard InChI is InChI=1S/C9H7F5OS/c10-8(11,9(12,13)14)7(15)4-3-6-2-1-5-16-6/h1-2,5H,3-4H2. The molecule has 16 heavy (non-hydrogen) atoms. The van der Waals surface area contributed by atoms with Crippen molar-refractivity contribution in [3.8, 4) is 0 Å². The molecule has 90 valence electrons. The molecule has 0 aromatic carbocycles. The third-order valence-electron chi connectivity index (χ3n) is 1.88. The van der Waals surface area contributed by atoms with Crippen LogP contribution in [0.5, 0.6) is 0 Å². The average molecular weight is 258 g/mol. The Kier molecular flexibility index (Phi) is 3.67. The van der Waals surface area contributed by atoms with Crippen LogP contribution in [0.25, 0.3) is 0 Å². The molecular formula is C9H7F5OS. The minimum atomic E-state index is -5.81. The summed E-state index contributed by atoms with van der Waals surface area (Å²) in [7, 11) is 0. The number of thiophene rings is 1. The molecule has 0 aliphatic rings. The molecule has 0 spiro atoms. The maximum atomic E-state index is 12.5. The molecule has 0 aliphatic carbocycles. The van der Waals surface area contributed by atoms with Gasteiger partial charge in [0.25, 0.3) is 0 Å². The summed E-state index contributed by atoms with van der Waals surface area (Å²) in [5.74, 6) is -7.34. The number of carbonyl (C=O) groups excluding carboxylic acids is 1. The number of Topliss-reactive ketones (excluding diaryl/α,β-unsaturated/α-hetero) is 1. The number of hydrogen-bond acceptors (Lipinski definition) is 2. The molecule has 0 N–H and O–H groups in total. The van der Waals surface area contributed by atoms with Gasteiger partial charge in [0, 0.05) is 11.3 Å². The SMILES string of the molecule is O=C(CCc1cccs1)C(F)(F)C(F)(F)F. The largest absolute Gasteiger partial charge is 0.461 e. The quantitative estimate of drug-likeness (QED) is 0.756. The van der Waals surface area contributed by atoms with Crippen molar-refractivity contribution in [3.05, 3.63) is 22.4 Å². The van der Waals surface area contributed by atoms with Gasteiger partial charge in [0.05, 0.1) is 0 Å². The van der Waals surface area contributed by atoms with Crippen molar-refractivity contribution in [1.29, 1.82) is 0 Å². The second-order valence-corrected chi connectivity index (χ2v) is 4.11. The van der Waals surface area contributed by atoms with Crippen molar-refractivity contribution < 1.29 is 26.7 Å². The Labute approximate surface area is 91.9 Å². The fraction of sp³-hybridized carbons (Fsp3) is 0.444. The van der Waals surface area contributed by atoms with Crippen molar-refractivity contribution in [2.75, 3.05) is 0 Å². The lowest BCUT2D eigenvalue weighted by Gasteiger charge is -2.17. The fourth-order valence-electron chi connectivity index (χ4n) is 1.01. The Bertz CT molecular complexity index is 354. The summed E-state index contributed by atoms with van der Waals surface area (Å²) in [6, 6.07) is 3.20. The van der Waals surface area contributed by atoms with Gasteiger partial charge in [-0.2, -0.15) is 22.0 Å². The van der Waals surface area contributed by atoms with E-state index in [-0.39, 0.29) is 6.42 Å². The average Bonchev–Trinajstić information content (AvgIpc) is 2.64. The third-order valence-corrected chi connectivity index (χ3v) is 2.82. The zero-order chi connectivity index (χ0) is 12.4. The molecule has 0 amide bonds. The van der Waals surface area contributed by atoms with Crippen LogP contribution in [0.1, 0.15) is 11.3 Å². The Morgan fingerprint density at radius 3 is 2.31 bits per heavy atom. The summed E-state index contributed by atoms with van der Waals surface area (Å²) in [5.41, 5.74) is 0. The number of alkyl halides is 5. The van der Waals surface area contributed by atoms with Gasteiger partial charge in [-0.15, -0.1) is 11.3 Å². The van der Waals surface area contributed by atoms with Gasteiger partial charge in [-0.25, -0.2) is 0 Å². The van der Waals surface area contributed by atoms with Crippen LogP contribution in [0, 0.1) is 0 Å². The van der Waals surface area contributed by atoms with E-state index in [0.717, 1.165) is 0 Å². The zero-order valence-electron chi connectivity index (χ0n) is 7.85. The van der Waals surface area contributed by atoms with Gasteiger partial charge in [0.2, 0.25) is 5.78 Å². The van der Waals surface area contributed by atoms with E-state index in [1.807, 2.05) is 0 Å². The maximum absolute atomic E-state index is 12.5. The zero-order valence-corrected chi connectivity index (χ0v) is 8.67. The van der Waals surface area contributed by atoms with Gasteiger partial charge in [-0.3, -0.25) is 4.79 Å². The number of halogens is 5. The second kappa shape index (κ2) is 4.48. The van der Waals surface area contributed by atoms with Gasteiger partial charge >= 0.3 is 12.1 Å². The first-order valence-electron chi connectivity index (χ1n) is 4.25. The third kappa shape index (κ3) is 2.78. The van der Waals surface area contributed by atoms with E-state index in [1.165, 1.54) is 11.3 Å². The lowest BCUT2D eigenvalue weighted by Crippen LogP contribution is -2.44. The first kappa shape index (κ1) is 13.1. The molecule has 0 bridgehead atoms. The van der Waals surface area contributed by atoms with E-state index < -0.39 is 24.3 Å². The highest BCUT2D eigenvalue weighted by Crippen LogP contribution is 2.37. The lowest BCUT2D eigenvalue weighted by atomic mass is 10.1.